The molecule has 0 aliphatic rings. The number of aldehydes is 1. The molecular formula is C19H27NO4S2. The van der Waals surface area contributed by atoms with E-state index in [4.69, 9.17) is 4.74 Å². The quantitative estimate of drug-likeness (QED) is 0.340. The topological polar surface area (TPSA) is 63.7 Å². The smallest absolute Gasteiger partial charge is 0.318 e. The van der Waals surface area contributed by atoms with Crippen molar-refractivity contribution in [1.82, 2.24) is 4.90 Å². The van der Waals surface area contributed by atoms with Gasteiger partial charge in [0.2, 0.25) is 5.91 Å². The number of hydrogen-bond donors (Lipinski definition) is 0. The van der Waals surface area contributed by atoms with Crippen LogP contribution in [-0.2, 0) is 14.3 Å². The monoisotopic (exact) mass is 397 g/mol. The fourth-order valence-electron chi connectivity index (χ4n) is 2.41. The van der Waals surface area contributed by atoms with Gasteiger partial charge in [-0.3, -0.25) is 14.4 Å². The maximum absolute atomic E-state index is 12.6. The van der Waals surface area contributed by atoms with Crippen LogP contribution in [0.4, 0.5) is 0 Å². The molecule has 0 N–H and O–H groups in total. The molecule has 3 atom stereocenters. The molecule has 0 heterocycles. The Labute approximate surface area is 164 Å². The fraction of sp³-hybridized carbons (Fsp3) is 0.526. The van der Waals surface area contributed by atoms with Crippen LogP contribution in [0.2, 0.25) is 0 Å². The lowest BCUT2D eigenvalue weighted by molar-refractivity contribution is -0.139. The van der Waals surface area contributed by atoms with E-state index in [0.29, 0.717) is 18.7 Å². The van der Waals surface area contributed by atoms with E-state index < -0.39 is 0 Å². The highest BCUT2D eigenvalue weighted by molar-refractivity contribution is 8.17. The number of carbonyl (C=O) groups is 3. The van der Waals surface area contributed by atoms with Gasteiger partial charge in [0.25, 0.3) is 0 Å². The van der Waals surface area contributed by atoms with Crippen molar-refractivity contribution in [1.29, 1.82) is 0 Å². The summed E-state index contributed by atoms with van der Waals surface area (Å²) in [4.78, 5) is 37.4. The first-order valence-electron chi connectivity index (χ1n) is 8.60. The van der Waals surface area contributed by atoms with Gasteiger partial charge in [-0.1, -0.05) is 18.2 Å². The Kier molecular flexibility index (Phi) is 9.80. The zero-order chi connectivity index (χ0) is 19.7. The molecule has 0 saturated carbocycles. The summed E-state index contributed by atoms with van der Waals surface area (Å²) in [6.45, 7) is 8.90. The van der Waals surface area contributed by atoms with E-state index in [0.717, 1.165) is 11.8 Å². The lowest BCUT2D eigenvalue weighted by atomic mass is 10.1. The lowest BCUT2D eigenvalue weighted by Crippen LogP contribution is -2.36. The normalized spacial score (nSPS) is 14.2. The predicted molar refractivity (Wildman–Crippen MR) is 109 cm³/mol. The Morgan fingerprint density at radius 3 is 2.31 bits per heavy atom. The maximum atomic E-state index is 12.6. The molecule has 7 heteroatoms. The van der Waals surface area contributed by atoms with Crippen LogP contribution in [0.3, 0.4) is 0 Å². The Hall–Kier alpha value is -1.47. The third-order valence-electron chi connectivity index (χ3n) is 3.93. The van der Waals surface area contributed by atoms with E-state index in [2.05, 4.69) is 0 Å². The van der Waals surface area contributed by atoms with Gasteiger partial charge in [-0.05, 0) is 39.3 Å². The van der Waals surface area contributed by atoms with E-state index >= 15 is 0 Å². The molecular weight excluding hydrogens is 370 g/mol. The Bertz CT molecular complexity index is 619. The number of hydrogen-bond acceptors (Lipinski definition) is 6. The second-order valence-electron chi connectivity index (χ2n) is 5.71. The average Bonchev–Trinajstić information content (AvgIpc) is 2.67. The first kappa shape index (κ1) is 22.6. The van der Waals surface area contributed by atoms with Gasteiger partial charge in [0, 0.05) is 18.7 Å². The first-order chi connectivity index (χ1) is 12.4. The zero-order valence-electron chi connectivity index (χ0n) is 15.9. The van der Waals surface area contributed by atoms with Crippen molar-refractivity contribution in [2.45, 2.75) is 42.8 Å². The van der Waals surface area contributed by atoms with E-state index in [9.17, 15) is 14.4 Å². The largest absolute Gasteiger partial charge is 0.468 e. The highest BCUT2D eigenvalue weighted by atomic mass is 32.2. The van der Waals surface area contributed by atoms with Crippen LogP contribution in [0.5, 0.6) is 0 Å². The second-order valence-corrected chi connectivity index (χ2v) is 8.91. The first-order valence-corrected chi connectivity index (χ1v) is 10.5. The zero-order valence-corrected chi connectivity index (χ0v) is 17.6. The molecule has 0 spiro atoms. The van der Waals surface area contributed by atoms with Crippen LogP contribution >= 0.6 is 23.5 Å². The van der Waals surface area contributed by atoms with Crippen LogP contribution in [-0.4, -0.2) is 53.8 Å². The molecule has 0 aromatic heterocycles. The van der Waals surface area contributed by atoms with E-state index in [1.807, 2.05) is 32.9 Å². The molecule has 0 aliphatic heterocycles. The summed E-state index contributed by atoms with van der Waals surface area (Å²) in [7, 11) is 1.36. The molecule has 26 heavy (non-hydrogen) atoms. The average molecular weight is 398 g/mol. The Morgan fingerprint density at radius 1 is 1.15 bits per heavy atom. The molecule has 1 amide bonds. The number of nitrogens with zero attached hydrogens (tertiary/aromatic N) is 1. The van der Waals surface area contributed by atoms with E-state index in [1.54, 1.807) is 24.0 Å². The fourth-order valence-corrected chi connectivity index (χ4v) is 5.49. The number of ether oxygens (including phenoxy) is 1. The number of esters is 1. The van der Waals surface area contributed by atoms with Crippen molar-refractivity contribution >= 4 is 41.7 Å². The number of amides is 1. The molecule has 5 nitrogen and oxygen atoms in total. The number of thioether (sulfide) groups is 2. The highest BCUT2D eigenvalue weighted by Gasteiger charge is 2.27. The SMILES string of the molecule is CCN(CC)C(=O)C(C)SC(SC(C)C(=O)OC)c1cccc(C=O)c1. The standard InChI is InChI=1S/C19H27NO4S2/c1-6-20(7-2)17(22)13(3)25-19(26-14(4)18(23)24-5)16-10-8-9-15(11-16)12-21/h8-14,19H,6-7H2,1-5H3. The van der Waals surface area contributed by atoms with Gasteiger partial charge in [0.1, 0.15) is 11.5 Å². The third-order valence-corrected chi connectivity index (χ3v) is 6.85. The summed E-state index contributed by atoms with van der Waals surface area (Å²) in [5, 5.41) is -0.648. The summed E-state index contributed by atoms with van der Waals surface area (Å²) < 4.78 is 4.65. The van der Waals surface area contributed by atoms with Crippen LogP contribution < -0.4 is 0 Å². The summed E-state index contributed by atoms with van der Waals surface area (Å²) in [5.41, 5.74) is 1.47. The molecule has 1 aromatic rings. The molecule has 3 unspecified atom stereocenters. The van der Waals surface area contributed by atoms with Gasteiger partial charge >= 0.3 is 5.97 Å². The summed E-state index contributed by atoms with van der Waals surface area (Å²) in [5.74, 6) is -0.238. The number of benzene rings is 1. The van der Waals surface area contributed by atoms with E-state index in [1.165, 1.54) is 30.6 Å². The molecule has 1 rings (SSSR count). The summed E-state index contributed by atoms with van der Waals surface area (Å²) in [6, 6.07) is 7.26. The molecule has 1 aromatic carbocycles. The van der Waals surface area contributed by atoms with E-state index in [-0.39, 0.29) is 27.0 Å². The molecule has 0 saturated heterocycles. The lowest BCUT2D eigenvalue weighted by Gasteiger charge is -2.26. The van der Waals surface area contributed by atoms with Crippen molar-refractivity contribution < 1.29 is 19.1 Å². The van der Waals surface area contributed by atoms with Crippen molar-refractivity contribution in [3.8, 4) is 0 Å². The van der Waals surface area contributed by atoms with Gasteiger partial charge < -0.3 is 9.64 Å². The minimum Gasteiger partial charge on any atom is -0.468 e. The van der Waals surface area contributed by atoms with Crippen molar-refractivity contribution in [3.63, 3.8) is 0 Å². The number of carbonyl (C=O) groups excluding carboxylic acids is 3. The van der Waals surface area contributed by atoms with Gasteiger partial charge in [0.15, 0.2) is 0 Å². The second kappa shape index (κ2) is 11.3. The number of methoxy groups -OCH3 is 1. The summed E-state index contributed by atoms with van der Waals surface area (Å²) >= 11 is 2.91. The molecule has 0 aliphatic carbocycles. The minimum absolute atomic E-state index is 0.0721. The van der Waals surface area contributed by atoms with Crippen LogP contribution in [0.1, 0.15) is 48.2 Å². The molecule has 0 radical (unpaired) electrons. The Morgan fingerprint density at radius 2 is 1.77 bits per heavy atom. The van der Waals surface area contributed by atoms with Crippen LogP contribution in [0, 0.1) is 0 Å². The van der Waals surface area contributed by atoms with Gasteiger partial charge in [0.05, 0.1) is 16.9 Å². The summed E-state index contributed by atoms with van der Waals surface area (Å²) in [6.07, 6.45) is 0.796. The van der Waals surface area contributed by atoms with Crippen molar-refractivity contribution in [2.24, 2.45) is 0 Å². The van der Waals surface area contributed by atoms with Crippen molar-refractivity contribution in [3.05, 3.63) is 35.4 Å². The van der Waals surface area contributed by atoms with Crippen LogP contribution in [0.25, 0.3) is 0 Å². The predicted octanol–water partition coefficient (Wildman–Crippen LogP) is 3.78. The van der Waals surface area contributed by atoms with Gasteiger partial charge in [-0.2, -0.15) is 0 Å². The molecule has 0 bridgehead atoms. The van der Waals surface area contributed by atoms with Gasteiger partial charge in [-0.25, -0.2) is 0 Å². The van der Waals surface area contributed by atoms with Gasteiger partial charge in [-0.15, -0.1) is 23.5 Å². The maximum Gasteiger partial charge on any atom is 0.318 e. The van der Waals surface area contributed by atoms with Crippen LogP contribution in [0.15, 0.2) is 24.3 Å². The molecule has 144 valence electrons. The Balaban J connectivity index is 3.05. The number of rotatable bonds is 10. The highest BCUT2D eigenvalue weighted by Crippen LogP contribution is 2.44. The minimum atomic E-state index is -0.381. The van der Waals surface area contributed by atoms with Crippen molar-refractivity contribution in [2.75, 3.05) is 20.2 Å². The third kappa shape index (κ3) is 6.36. The molecule has 0 fully saturated rings.